The maximum atomic E-state index is 12.5. The molecule has 2 aliphatic heterocycles. The zero-order valence-electron chi connectivity index (χ0n) is 12.0. The van der Waals surface area contributed by atoms with Crippen molar-refractivity contribution in [2.75, 3.05) is 36.8 Å². The number of carbonyl (C=O) groups is 2. The molecule has 0 radical (unpaired) electrons. The molecule has 5 nitrogen and oxygen atoms in total. The van der Waals surface area contributed by atoms with E-state index in [0.29, 0.717) is 24.9 Å². The Labute approximate surface area is 128 Å². The zero-order chi connectivity index (χ0) is 14.8. The SMILES string of the molecule is CC1CN(C(=O)CN2C(=O)CSc3ccccc32)CCN1. The number of carbonyl (C=O) groups excluding carboxylic acids is 2. The largest absolute Gasteiger partial charge is 0.338 e. The third kappa shape index (κ3) is 3.06. The minimum atomic E-state index is 0.00947. The summed E-state index contributed by atoms with van der Waals surface area (Å²) in [6, 6.07) is 8.08. The van der Waals surface area contributed by atoms with E-state index in [-0.39, 0.29) is 18.4 Å². The van der Waals surface area contributed by atoms with Crippen molar-refractivity contribution in [3.8, 4) is 0 Å². The van der Waals surface area contributed by atoms with Crippen LogP contribution in [0.25, 0.3) is 0 Å². The van der Waals surface area contributed by atoms with Gasteiger partial charge in [0, 0.05) is 30.6 Å². The van der Waals surface area contributed by atoms with Crippen molar-refractivity contribution in [1.82, 2.24) is 10.2 Å². The van der Waals surface area contributed by atoms with Crippen molar-refractivity contribution in [2.24, 2.45) is 0 Å². The lowest BCUT2D eigenvalue weighted by molar-refractivity contribution is -0.132. The van der Waals surface area contributed by atoms with Gasteiger partial charge in [-0.1, -0.05) is 12.1 Å². The number of amides is 2. The molecule has 1 fully saturated rings. The van der Waals surface area contributed by atoms with Crippen LogP contribution in [0.1, 0.15) is 6.92 Å². The molecule has 3 rings (SSSR count). The third-order valence-corrected chi connectivity index (χ3v) is 4.87. The molecule has 0 saturated carbocycles. The van der Waals surface area contributed by atoms with Gasteiger partial charge in [-0.3, -0.25) is 9.59 Å². The number of fused-ring (bicyclic) bond motifs is 1. The molecule has 0 spiro atoms. The van der Waals surface area contributed by atoms with Crippen molar-refractivity contribution in [3.63, 3.8) is 0 Å². The van der Waals surface area contributed by atoms with E-state index in [0.717, 1.165) is 17.1 Å². The Morgan fingerprint density at radius 3 is 3.05 bits per heavy atom. The molecule has 2 aliphatic rings. The summed E-state index contributed by atoms with van der Waals surface area (Å²) in [6.45, 7) is 4.44. The van der Waals surface area contributed by atoms with Gasteiger partial charge in [0.15, 0.2) is 0 Å². The number of piperazine rings is 1. The van der Waals surface area contributed by atoms with Crippen LogP contribution in [0.15, 0.2) is 29.2 Å². The van der Waals surface area contributed by atoms with Gasteiger partial charge in [-0.05, 0) is 19.1 Å². The molecule has 6 heteroatoms. The van der Waals surface area contributed by atoms with Gasteiger partial charge in [0.1, 0.15) is 6.54 Å². The summed E-state index contributed by atoms with van der Waals surface area (Å²) in [5.41, 5.74) is 0.857. The first-order chi connectivity index (χ1) is 10.1. The molecule has 2 amide bonds. The number of nitrogens with one attached hydrogen (secondary N) is 1. The van der Waals surface area contributed by atoms with Crippen molar-refractivity contribution in [1.29, 1.82) is 0 Å². The first-order valence-electron chi connectivity index (χ1n) is 7.18. The molecule has 1 atom stereocenters. The molecule has 1 unspecified atom stereocenters. The summed E-state index contributed by atoms with van der Waals surface area (Å²) in [5, 5.41) is 3.32. The van der Waals surface area contributed by atoms with E-state index in [9.17, 15) is 9.59 Å². The molecule has 2 heterocycles. The highest BCUT2D eigenvalue weighted by atomic mass is 32.2. The van der Waals surface area contributed by atoms with E-state index in [2.05, 4.69) is 12.2 Å². The predicted molar refractivity (Wildman–Crippen MR) is 83.6 cm³/mol. The summed E-state index contributed by atoms with van der Waals surface area (Å²) < 4.78 is 0. The molecule has 1 aromatic carbocycles. The van der Waals surface area contributed by atoms with Crippen LogP contribution >= 0.6 is 11.8 Å². The molecule has 1 aromatic rings. The van der Waals surface area contributed by atoms with Gasteiger partial charge in [-0.25, -0.2) is 0 Å². The van der Waals surface area contributed by atoms with Gasteiger partial charge in [0.05, 0.1) is 11.4 Å². The van der Waals surface area contributed by atoms with Gasteiger partial charge in [-0.2, -0.15) is 0 Å². The van der Waals surface area contributed by atoms with E-state index in [1.807, 2.05) is 29.2 Å². The van der Waals surface area contributed by atoms with Gasteiger partial charge >= 0.3 is 0 Å². The molecule has 1 saturated heterocycles. The average molecular weight is 305 g/mol. The Kier molecular flexibility index (Phi) is 4.17. The van der Waals surface area contributed by atoms with Crippen molar-refractivity contribution in [2.45, 2.75) is 17.9 Å². The van der Waals surface area contributed by atoms with Crippen LogP contribution in [0.2, 0.25) is 0 Å². The summed E-state index contributed by atoms with van der Waals surface area (Å²) in [6.07, 6.45) is 0. The number of rotatable bonds is 2. The second-order valence-corrected chi connectivity index (χ2v) is 6.45. The van der Waals surface area contributed by atoms with Crippen LogP contribution in [-0.4, -0.2) is 54.7 Å². The Hall–Kier alpha value is -1.53. The monoisotopic (exact) mass is 305 g/mol. The maximum absolute atomic E-state index is 12.5. The smallest absolute Gasteiger partial charge is 0.242 e. The number of para-hydroxylation sites is 1. The summed E-state index contributed by atoms with van der Waals surface area (Å²) in [5.74, 6) is 0.441. The highest BCUT2D eigenvalue weighted by Crippen LogP contribution is 2.34. The third-order valence-electron chi connectivity index (χ3n) is 3.82. The van der Waals surface area contributed by atoms with Crippen LogP contribution in [0.4, 0.5) is 5.69 Å². The van der Waals surface area contributed by atoms with Crippen molar-refractivity contribution >= 4 is 29.3 Å². The van der Waals surface area contributed by atoms with Gasteiger partial charge in [0.25, 0.3) is 0 Å². The molecule has 0 aromatic heterocycles. The lowest BCUT2D eigenvalue weighted by atomic mass is 10.2. The molecule has 21 heavy (non-hydrogen) atoms. The molecule has 1 N–H and O–H groups in total. The van der Waals surface area contributed by atoms with Crippen molar-refractivity contribution < 1.29 is 9.59 Å². The molecular weight excluding hydrogens is 286 g/mol. The number of benzene rings is 1. The highest BCUT2D eigenvalue weighted by molar-refractivity contribution is 8.00. The van der Waals surface area contributed by atoms with E-state index in [4.69, 9.17) is 0 Å². The summed E-state index contributed by atoms with van der Waals surface area (Å²) in [4.78, 5) is 29.2. The predicted octanol–water partition coefficient (Wildman–Crippen LogP) is 0.946. The van der Waals surface area contributed by atoms with Gasteiger partial charge in [0.2, 0.25) is 11.8 Å². The summed E-state index contributed by atoms with van der Waals surface area (Å²) in [7, 11) is 0. The Balaban J connectivity index is 1.74. The number of thioether (sulfide) groups is 1. The van der Waals surface area contributed by atoms with E-state index >= 15 is 0 Å². The molecule has 112 valence electrons. The summed E-state index contributed by atoms with van der Waals surface area (Å²) >= 11 is 1.54. The lowest BCUT2D eigenvalue weighted by Crippen LogP contribution is -2.54. The normalized spacial score (nSPS) is 22.1. The van der Waals surface area contributed by atoms with Crippen LogP contribution in [0.5, 0.6) is 0 Å². The second-order valence-electron chi connectivity index (χ2n) is 5.43. The molecule has 0 bridgehead atoms. The van der Waals surface area contributed by atoms with Crippen LogP contribution in [0, 0.1) is 0 Å². The Morgan fingerprint density at radius 1 is 1.43 bits per heavy atom. The second kappa shape index (κ2) is 6.07. The Bertz CT molecular complexity index is 564. The quantitative estimate of drug-likeness (QED) is 0.884. The minimum Gasteiger partial charge on any atom is -0.338 e. The molecule has 0 aliphatic carbocycles. The number of hydrogen-bond donors (Lipinski definition) is 1. The standard InChI is InChI=1S/C15H19N3O2S/c1-11-8-17(7-6-16-11)14(19)9-18-12-4-2-3-5-13(12)21-10-15(18)20/h2-5,11,16H,6-10H2,1H3. The van der Waals surface area contributed by atoms with E-state index in [1.165, 1.54) is 11.8 Å². The zero-order valence-corrected chi connectivity index (χ0v) is 12.9. The van der Waals surface area contributed by atoms with Gasteiger partial charge < -0.3 is 15.1 Å². The lowest BCUT2D eigenvalue weighted by Gasteiger charge is -2.35. The van der Waals surface area contributed by atoms with E-state index < -0.39 is 0 Å². The topological polar surface area (TPSA) is 52.7 Å². The first-order valence-corrected chi connectivity index (χ1v) is 8.17. The average Bonchev–Trinajstić information content (AvgIpc) is 2.50. The fourth-order valence-corrected chi connectivity index (χ4v) is 3.66. The first kappa shape index (κ1) is 14.4. The maximum Gasteiger partial charge on any atom is 0.242 e. The van der Waals surface area contributed by atoms with Crippen molar-refractivity contribution in [3.05, 3.63) is 24.3 Å². The minimum absolute atomic E-state index is 0.00947. The highest BCUT2D eigenvalue weighted by Gasteiger charge is 2.29. The van der Waals surface area contributed by atoms with Gasteiger partial charge in [-0.15, -0.1) is 11.8 Å². The van der Waals surface area contributed by atoms with Crippen LogP contribution < -0.4 is 10.2 Å². The van der Waals surface area contributed by atoms with E-state index in [1.54, 1.807) is 4.90 Å². The number of anilines is 1. The number of hydrogen-bond acceptors (Lipinski definition) is 4. The fraction of sp³-hybridized carbons (Fsp3) is 0.467. The fourth-order valence-electron chi connectivity index (χ4n) is 2.72. The van der Waals surface area contributed by atoms with Crippen LogP contribution in [0.3, 0.4) is 0 Å². The van der Waals surface area contributed by atoms with Crippen LogP contribution in [-0.2, 0) is 9.59 Å². The molecular formula is C15H19N3O2S. The Morgan fingerprint density at radius 2 is 2.24 bits per heavy atom. The number of nitrogens with zero attached hydrogens (tertiary/aromatic N) is 2.